The number of rotatable bonds is 5. The number of hydrogen-bond donors (Lipinski definition) is 1. The van der Waals surface area contributed by atoms with Crippen molar-refractivity contribution in [3.63, 3.8) is 0 Å². The van der Waals surface area contributed by atoms with Crippen molar-refractivity contribution in [1.82, 2.24) is 13.9 Å². The van der Waals surface area contributed by atoms with Gasteiger partial charge in [0.05, 0.1) is 16.8 Å². The van der Waals surface area contributed by atoms with Gasteiger partial charge in [0.15, 0.2) is 5.65 Å². The highest BCUT2D eigenvalue weighted by Crippen LogP contribution is 2.20. The maximum atomic E-state index is 12.8. The Labute approximate surface area is 140 Å². The molecule has 24 heavy (non-hydrogen) atoms. The number of aromatic nitrogens is 3. The van der Waals surface area contributed by atoms with Crippen LogP contribution in [0.2, 0.25) is 0 Å². The topological polar surface area (TPSA) is 90.9 Å². The average Bonchev–Trinajstić information content (AvgIpc) is 2.99. The molecule has 3 aromatic rings. The van der Waals surface area contributed by atoms with Crippen molar-refractivity contribution in [3.8, 4) is 0 Å². The van der Waals surface area contributed by atoms with Crippen LogP contribution in [-0.4, -0.2) is 28.9 Å². The van der Waals surface area contributed by atoms with Crippen molar-refractivity contribution < 1.29 is 8.42 Å². The molecule has 2 aromatic heterocycles. The fourth-order valence-electron chi connectivity index (χ4n) is 2.30. The minimum atomic E-state index is -3.69. The second-order valence-corrected chi connectivity index (χ2v) is 7.23. The van der Waals surface area contributed by atoms with Gasteiger partial charge in [0.25, 0.3) is 10.0 Å². The van der Waals surface area contributed by atoms with Crippen LogP contribution in [0.1, 0.15) is 17.7 Å². The first-order chi connectivity index (χ1) is 11.5. The number of benzene rings is 1. The highest BCUT2D eigenvalue weighted by molar-refractivity contribution is 7.90. The summed E-state index contributed by atoms with van der Waals surface area (Å²) in [5.74, 6) is 0. The summed E-state index contributed by atoms with van der Waals surface area (Å²) in [6, 6.07) is 8.37. The first-order valence-corrected chi connectivity index (χ1v) is 8.99. The molecule has 0 saturated heterocycles. The van der Waals surface area contributed by atoms with Crippen LogP contribution in [0.3, 0.4) is 0 Å². The lowest BCUT2D eigenvalue weighted by Gasteiger charge is -2.07. The first-order valence-electron chi connectivity index (χ1n) is 7.55. The van der Waals surface area contributed by atoms with E-state index >= 15 is 0 Å². The van der Waals surface area contributed by atoms with Gasteiger partial charge in [-0.2, -0.15) is 0 Å². The molecule has 7 heteroatoms. The van der Waals surface area contributed by atoms with Gasteiger partial charge in [0.1, 0.15) is 5.52 Å². The lowest BCUT2D eigenvalue weighted by molar-refractivity contribution is 0.588. The molecule has 3 rings (SSSR count). The zero-order valence-corrected chi connectivity index (χ0v) is 14.1. The van der Waals surface area contributed by atoms with E-state index in [1.54, 1.807) is 36.5 Å². The second-order valence-electron chi connectivity index (χ2n) is 5.41. The van der Waals surface area contributed by atoms with E-state index in [2.05, 4.69) is 9.97 Å². The lowest BCUT2D eigenvalue weighted by Crippen LogP contribution is -2.12. The molecule has 0 radical (unpaired) electrons. The van der Waals surface area contributed by atoms with Gasteiger partial charge in [-0.05, 0) is 44.2 Å². The van der Waals surface area contributed by atoms with Crippen molar-refractivity contribution in [2.24, 2.45) is 5.73 Å². The fourth-order valence-corrected chi connectivity index (χ4v) is 3.60. The molecule has 0 aliphatic rings. The van der Waals surface area contributed by atoms with Gasteiger partial charge in [-0.1, -0.05) is 23.8 Å². The van der Waals surface area contributed by atoms with Gasteiger partial charge in [-0.3, -0.25) is 0 Å². The molecule has 0 aliphatic heterocycles. The molecule has 124 valence electrons. The van der Waals surface area contributed by atoms with Crippen LogP contribution in [0, 0.1) is 6.92 Å². The minimum absolute atomic E-state index is 0.222. The van der Waals surface area contributed by atoms with Crippen LogP contribution < -0.4 is 5.73 Å². The predicted molar refractivity (Wildman–Crippen MR) is 94.0 cm³/mol. The molecule has 0 bridgehead atoms. The highest BCUT2D eigenvalue weighted by atomic mass is 32.2. The van der Waals surface area contributed by atoms with E-state index in [1.807, 2.05) is 19.1 Å². The molecule has 0 fully saturated rings. The van der Waals surface area contributed by atoms with E-state index in [0.717, 1.165) is 16.0 Å². The van der Waals surface area contributed by atoms with Gasteiger partial charge in [0, 0.05) is 6.20 Å². The summed E-state index contributed by atoms with van der Waals surface area (Å²) >= 11 is 0. The SMILES string of the molecule is Cc1ccc(S(=O)(=O)n2ccc3nc(/C=C/CCN)cnc32)cc1. The van der Waals surface area contributed by atoms with E-state index in [0.29, 0.717) is 23.4 Å². The number of nitrogens with two attached hydrogens (primary N) is 1. The Morgan fingerprint density at radius 3 is 2.67 bits per heavy atom. The fraction of sp³-hybridized carbons (Fsp3) is 0.176. The quantitative estimate of drug-likeness (QED) is 0.768. The van der Waals surface area contributed by atoms with E-state index in [4.69, 9.17) is 5.73 Å². The molecular weight excluding hydrogens is 324 g/mol. The van der Waals surface area contributed by atoms with Crippen LogP contribution in [0.15, 0.2) is 53.7 Å². The molecule has 0 unspecified atom stereocenters. The zero-order valence-electron chi connectivity index (χ0n) is 13.3. The Kier molecular flexibility index (Phi) is 4.46. The minimum Gasteiger partial charge on any atom is -0.330 e. The summed E-state index contributed by atoms with van der Waals surface area (Å²) in [5, 5.41) is 0. The first kappa shape index (κ1) is 16.4. The number of nitrogens with zero attached hydrogens (tertiary/aromatic N) is 3. The molecular formula is C17H18N4O2S. The monoisotopic (exact) mass is 342 g/mol. The third-order valence-electron chi connectivity index (χ3n) is 3.57. The van der Waals surface area contributed by atoms with Crippen molar-refractivity contribution in [3.05, 3.63) is 60.1 Å². The van der Waals surface area contributed by atoms with Gasteiger partial charge in [-0.15, -0.1) is 0 Å². The Hall–Kier alpha value is -2.51. The van der Waals surface area contributed by atoms with Crippen LogP contribution in [0.5, 0.6) is 0 Å². The second kappa shape index (κ2) is 6.54. The van der Waals surface area contributed by atoms with Crippen LogP contribution in [0.25, 0.3) is 17.2 Å². The number of hydrogen-bond acceptors (Lipinski definition) is 5. The van der Waals surface area contributed by atoms with E-state index in [9.17, 15) is 8.42 Å². The Bertz CT molecular complexity index is 989. The Balaban J connectivity index is 2.02. The van der Waals surface area contributed by atoms with Crippen LogP contribution >= 0.6 is 0 Å². The van der Waals surface area contributed by atoms with Crippen molar-refractivity contribution in [2.75, 3.05) is 6.54 Å². The molecule has 0 spiro atoms. The van der Waals surface area contributed by atoms with Gasteiger partial charge >= 0.3 is 0 Å². The van der Waals surface area contributed by atoms with Crippen molar-refractivity contribution in [2.45, 2.75) is 18.2 Å². The third-order valence-corrected chi connectivity index (χ3v) is 5.25. The third kappa shape index (κ3) is 3.08. The molecule has 0 amide bonds. The summed E-state index contributed by atoms with van der Waals surface area (Å²) in [6.45, 7) is 2.48. The zero-order chi connectivity index (χ0) is 17.2. The van der Waals surface area contributed by atoms with E-state index < -0.39 is 10.0 Å². The normalized spacial score (nSPS) is 12.2. The molecule has 0 aliphatic carbocycles. The predicted octanol–water partition coefficient (Wildman–Crippen LogP) is 2.34. The van der Waals surface area contributed by atoms with Crippen molar-refractivity contribution >= 4 is 27.3 Å². The molecule has 2 heterocycles. The summed E-state index contributed by atoms with van der Waals surface area (Å²) in [6.07, 6.45) is 7.52. The molecule has 0 saturated carbocycles. The summed E-state index contributed by atoms with van der Waals surface area (Å²) in [4.78, 5) is 8.90. The van der Waals surface area contributed by atoms with Crippen LogP contribution in [0.4, 0.5) is 0 Å². The number of aryl methyl sites for hydroxylation is 1. The summed E-state index contributed by atoms with van der Waals surface area (Å²) in [7, 11) is -3.69. The maximum absolute atomic E-state index is 12.8. The molecule has 1 aromatic carbocycles. The van der Waals surface area contributed by atoms with Gasteiger partial charge < -0.3 is 5.73 Å². The van der Waals surface area contributed by atoms with Crippen molar-refractivity contribution in [1.29, 1.82) is 0 Å². The maximum Gasteiger partial charge on any atom is 0.269 e. The smallest absolute Gasteiger partial charge is 0.269 e. The Morgan fingerprint density at radius 1 is 1.21 bits per heavy atom. The highest BCUT2D eigenvalue weighted by Gasteiger charge is 2.19. The molecule has 0 atom stereocenters. The summed E-state index contributed by atoms with van der Waals surface area (Å²) in [5.41, 5.74) is 7.95. The largest absolute Gasteiger partial charge is 0.330 e. The van der Waals surface area contributed by atoms with E-state index in [-0.39, 0.29) is 4.90 Å². The van der Waals surface area contributed by atoms with Gasteiger partial charge in [0.2, 0.25) is 0 Å². The Morgan fingerprint density at radius 2 is 1.96 bits per heavy atom. The molecule has 6 nitrogen and oxygen atoms in total. The summed E-state index contributed by atoms with van der Waals surface area (Å²) < 4.78 is 26.7. The van der Waals surface area contributed by atoms with E-state index in [1.165, 1.54) is 6.20 Å². The van der Waals surface area contributed by atoms with Gasteiger partial charge in [-0.25, -0.2) is 22.4 Å². The number of fused-ring (bicyclic) bond motifs is 1. The lowest BCUT2D eigenvalue weighted by atomic mass is 10.2. The van der Waals surface area contributed by atoms with Crippen LogP contribution in [-0.2, 0) is 10.0 Å². The standard InChI is InChI=1S/C17H18N4O2S/c1-13-5-7-15(8-6-13)24(22,23)21-11-9-16-17(21)19-12-14(20-16)4-2-3-10-18/h2,4-9,11-12H,3,10,18H2,1H3/b4-2+. The average molecular weight is 342 g/mol. The molecule has 2 N–H and O–H groups in total.